The number of amides is 2. The van der Waals surface area contributed by atoms with Crippen LogP contribution < -0.4 is 20.2 Å². The van der Waals surface area contributed by atoms with Crippen molar-refractivity contribution in [3.05, 3.63) is 89.0 Å². The Kier molecular flexibility index (Phi) is 9.26. The highest BCUT2D eigenvalue weighted by molar-refractivity contribution is 5.92. The van der Waals surface area contributed by atoms with Gasteiger partial charge in [0.1, 0.15) is 0 Å². The average molecular weight is 514 g/mol. The van der Waals surface area contributed by atoms with Gasteiger partial charge < -0.3 is 14.8 Å². The topological polar surface area (TPSA) is 89.0 Å². The predicted octanol–water partition coefficient (Wildman–Crippen LogP) is 5.12. The minimum Gasteiger partial charge on any atom is -0.490 e. The Morgan fingerprint density at radius 1 is 0.946 bits per heavy atom. The van der Waals surface area contributed by atoms with Gasteiger partial charge in [-0.25, -0.2) is 5.43 Å². The molecule has 2 N–H and O–H groups in total. The van der Waals surface area contributed by atoms with Crippen LogP contribution in [-0.4, -0.2) is 31.2 Å². The zero-order valence-corrected chi connectivity index (χ0v) is 20.3. The number of rotatable bonds is 10. The van der Waals surface area contributed by atoms with E-state index in [0.29, 0.717) is 29.4 Å². The zero-order chi connectivity index (χ0) is 26.8. The Morgan fingerprint density at radius 2 is 1.70 bits per heavy atom. The fourth-order valence-electron chi connectivity index (χ4n) is 3.23. The minimum absolute atomic E-state index is 0.217. The molecule has 0 aliphatic heterocycles. The van der Waals surface area contributed by atoms with Gasteiger partial charge in [0, 0.05) is 5.69 Å². The predicted molar refractivity (Wildman–Crippen MR) is 134 cm³/mol. The van der Waals surface area contributed by atoms with E-state index in [1.165, 1.54) is 18.3 Å². The molecule has 194 valence electrons. The molecule has 3 aromatic carbocycles. The first-order valence-corrected chi connectivity index (χ1v) is 11.4. The lowest BCUT2D eigenvalue weighted by atomic mass is 10.1. The van der Waals surface area contributed by atoms with Crippen molar-refractivity contribution < 1.29 is 32.2 Å². The molecule has 0 fully saturated rings. The summed E-state index contributed by atoms with van der Waals surface area (Å²) >= 11 is 0. The molecule has 7 nitrogen and oxygen atoms in total. The normalized spacial score (nSPS) is 11.3. The first-order valence-electron chi connectivity index (χ1n) is 11.4. The number of alkyl halides is 3. The molecule has 37 heavy (non-hydrogen) atoms. The summed E-state index contributed by atoms with van der Waals surface area (Å²) in [6, 6.07) is 16.8. The largest absolute Gasteiger partial charge is 0.490 e. The van der Waals surface area contributed by atoms with E-state index in [2.05, 4.69) is 15.8 Å². The minimum atomic E-state index is -4.48. The number of hydrazone groups is 1. The maximum absolute atomic E-state index is 12.8. The fourth-order valence-corrected chi connectivity index (χ4v) is 3.23. The Labute approximate surface area is 212 Å². The molecular formula is C27H26F3N3O4. The number of halogens is 3. The first-order chi connectivity index (χ1) is 17.6. The standard InChI is InChI=1S/C27H26F3N3O4/c1-3-36-24-14-20(9-12-23(24)37-17-26(35)32-22-10-7-18(2)8-11-22)16-31-33-25(34)15-19-5-4-6-21(13-19)27(28,29)30/h4-14,16H,3,15,17H2,1-2H3,(H,32,35)(H,33,34)/b31-16+. The molecule has 0 aliphatic carbocycles. The van der Waals surface area contributed by atoms with Crippen LogP contribution in [0, 0.1) is 6.92 Å². The number of carbonyl (C=O) groups is 2. The maximum Gasteiger partial charge on any atom is 0.416 e. The number of ether oxygens (including phenoxy) is 2. The Hall–Kier alpha value is -4.34. The molecule has 0 saturated carbocycles. The molecule has 3 aromatic rings. The monoisotopic (exact) mass is 513 g/mol. The molecule has 3 rings (SSSR count). The highest BCUT2D eigenvalue weighted by Gasteiger charge is 2.30. The highest BCUT2D eigenvalue weighted by Crippen LogP contribution is 2.30. The van der Waals surface area contributed by atoms with Crippen LogP contribution in [0.4, 0.5) is 18.9 Å². The quantitative estimate of drug-likeness (QED) is 0.291. The van der Waals surface area contributed by atoms with Gasteiger partial charge in [-0.15, -0.1) is 0 Å². The third-order valence-electron chi connectivity index (χ3n) is 4.98. The van der Waals surface area contributed by atoms with Crippen LogP contribution in [-0.2, 0) is 22.2 Å². The van der Waals surface area contributed by atoms with Gasteiger partial charge in [-0.2, -0.15) is 18.3 Å². The molecule has 0 atom stereocenters. The molecule has 0 spiro atoms. The van der Waals surface area contributed by atoms with E-state index in [9.17, 15) is 22.8 Å². The number of nitrogens with one attached hydrogen (secondary N) is 2. The van der Waals surface area contributed by atoms with Gasteiger partial charge in [0.25, 0.3) is 5.91 Å². The summed E-state index contributed by atoms with van der Waals surface area (Å²) in [5, 5.41) is 6.61. The number of hydrogen-bond donors (Lipinski definition) is 2. The molecule has 0 saturated heterocycles. The fraction of sp³-hybridized carbons (Fsp3) is 0.222. The van der Waals surface area contributed by atoms with Gasteiger partial charge in [-0.1, -0.05) is 35.9 Å². The third kappa shape index (κ3) is 8.68. The highest BCUT2D eigenvalue weighted by atomic mass is 19.4. The van der Waals surface area contributed by atoms with Gasteiger partial charge in [-0.05, 0) is 61.4 Å². The summed E-state index contributed by atoms with van der Waals surface area (Å²) in [6.45, 7) is 3.86. The second-order valence-electron chi connectivity index (χ2n) is 8.01. The van der Waals surface area contributed by atoms with E-state index in [1.807, 2.05) is 19.1 Å². The summed E-state index contributed by atoms with van der Waals surface area (Å²) in [5.74, 6) is -0.169. The van der Waals surface area contributed by atoms with E-state index in [-0.39, 0.29) is 24.5 Å². The van der Waals surface area contributed by atoms with E-state index in [1.54, 1.807) is 37.3 Å². The molecule has 0 unspecified atom stereocenters. The first kappa shape index (κ1) is 27.3. The van der Waals surface area contributed by atoms with Gasteiger partial charge >= 0.3 is 6.18 Å². The summed E-state index contributed by atoms with van der Waals surface area (Å²) in [7, 11) is 0. The summed E-state index contributed by atoms with van der Waals surface area (Å²) in [5.41, 5.74) is 4.00. The number of nitrogens with zero attached hydrogens (tertiary/aromatic N) is 1. The maximum atomic E-state index is 12.8. The van der Waals surface area contributed by atoms with Crippen molar-refractivity contribution in [2.45, 2.75) is 26.4 Å². The molecule has 0 aliphatic rings. The van der Waals surface area contributed by atoms with Crippen LogP contribution >= 0.6 is 0 Å². The molecule has 0 aromatic heterocycles. The summed E-state index contributed by atoms with van der Waals surface area (Å²) in [4.78, 5) is 24.3. The van der Waals surface area contributed by atoms with Crippen LogP contribution in [0.25, 0.3) is 0 Å². The van der Waals surface area contributed by atoms with E-state index < -0.39 is 17.6 Å². The van der Waals surface area contributed by atoms with Crippen LogP contribution in [0.2, 0.25) is 0 Å². The second kappa shape index (κ2) is 12.6. The van der Waals surface area contributed by atoms with Gasteiger partial charge in [-0.3, -0.25) is 9.59 Å². The van der Waals surface area contributed by atoms with Crippen molar-refractivity contribution in [1.29, 1.82) is 0 Å². The second-order valence-corrected chi connectivity index (χ2v) is 8.01. The molecular weight excluding hydrogens is 487 g/mol. The van der Waals surface area contributed by atoms with Crippen molar-refractivity contribution in [2.75, 3.05) is 18.5 Å². The summed E-state index contributed by atoms with van der Waals surface area (Å²) < 4.78 is 49.7. The third-order valence-corrected chi connectivity index (χ3v) is 4.98. The molecule has 0 heterocycles. The van der Waals surface area contributed by atoms with Crippen molar-refractivity contribution in [3.63, 3.8) is 0 Å². The lowest BCUT2D eigenvalue weighted by molar-refractivity contribution is -0.137. The number of carbonyl (C=O) groups excluding carboxylic acids is 2. The van der Waals surface area contributed by atoms with Crippen LogP contribution in [0.1, 0.15) is 29.2 Å². The Bertz CT molecular complexity index is 1260. The van der Waals surface area contributed by atoms with Gasteiger partial charge in [0.2, 0.25) is 5.91 Å². The Morgan fingerprint density at radius 3 is 2.41 bits per heavy atom. The van der Waals surface area contributed by atoms with Gasteiger partial charge in [0.05, 0.1) is 24.8 Å². The number of benzene rings is 3. The Balaban J connectivity index is 1.56. The van der Waals surface area contributed by atoms with Crippen molar-refractivity contribution in [1.82, 2.24) is 5.43 Å². The zero-order valence-electron chi connectivity index (χ0n) is 20.3. The lowest BCUT2D eigenvalue weighted by Crippen LogP contribution is -2.20. The van der Waals surface area contributed by atoms with Crippen molar-refractivity contribution in [2.24, 2.45) is 5.10 Å². The molecule has 0 bridgehead atoms. The van der Waals surface area contributed by atoms with Crippen LogP contribution in [0.15, 0.2) is 71.8 Å². The molecule has 2 amide bonds. The van der Waals surface area contributed by atoms with E-state index in [0.717, 1.165) is 17.7 Å². The smallest absolute Gasteiger partial charge is 0.416 e. The van der Waals surface area contributed by atoms with Crippen molar-refractivity contribution >= 4 is 23.7 Å². The number of anilines is 1. The van der Waals surface area contributed by atoms with Gasteiger partial charge in [0.15, 0.2) is 18.1 Å². The van der Waals surface area contributed by atoms with Crippen LogP contribution in [0.3, 0.4) is 0 Å². The lowest BCUT2D eigenvalue weighted by Gasteiger charge is -2.12. The SMILES string of the molecule is CCOc1cc(/C=N/NC(=O)Cc2cccc(C(F)(F)F)c2)ccc1OCC(=O)Nc1ccc(C)cc1. The summed E-state index contributed by atoms with van der Waals surface area (Å²) in [6.07, 6.45) is -3.38. The average Bonchev–Trinajstić information content (AvgIpc) is 2.85. The number of hydrogen-bond acceptors (Lipinski definition) is 5. The van der Waals surface area contributed by atoms with Crippen molar-refractivity contribution in [3.8, 4) is 11.5 Å². The molecule has 0 radical (unpaired) electrons. The van der Waals surface area contributed by atoms with E-state index >= 15 is 0 Å². The molecule has 10 heteroatoms. The van der Waals surface area contributed by atoms with Crippen LogP contribution in [0.5, 0.6) is 11.5 Å². The van der Waals surface area contributed by atoms with E-state index in [4.69, 9.17) is 9.47 Å². The number of aryl methyl sites for hydroxylation is 1.